The van der Waals surface area contributed by atoms with Crippen LogP contribution in [0.5, 0.6) is 0 Å². The largest absolute Gasteiger partial charge is 0.416 e. The van der Waals surface area contributed by atoms with Crippen molar-refractivity contribution in [2.75, 3.05) is 22.9 Å². The van der Waals surface area contributed by atoms with Gasteiger partial charge >= 0.3 is 6.18 Å². The van der Waals surface area contributed by atoms with Crippen molar-refractivity contribution in [1.29, 1.82) is 0 Å². The molecule has 7 heteroatoms. The summed E-state index contributed by atoms with van der Waals surface area (Å²) in [6.07, 6.45) is -0.504. The van der Waals surface area contributed by atoms with Crippen molar-refractivity contribution < 1.29 is 22.8 Å². The number of rotatable bonds is 5. The van der Waals surface area contributed by atoms with Crippen LogP contribution in [0.15, 0.2) is 66.7 Å². The third-order valence-electron chi connectivity index (χ3n) is 11.9. The van der Waals surface area contributed by atoms with Crippen LogP contribution in [-0.2, 0) is 37.4 Å². The quantitative estimate of drug-likeness (QED) is 0.202. The molecule has 0 bridgehead atoms. The number of halogens is 3. The molecule has 2 aliphatic rings. The molecule has 0 radical (unpaired) electrons. The van der Waals surface area contributed by atoms with Crippen LogP contribution in [0.4, 0.5) is 24.5 Å². The van der Waals surface area contributed by atoms with E-state index in [0.29, 0.717) is 70.7 Å². The third-order valence-corrected chi connectivity index (χ3v) is 11.9. The Labute approximate surface area is 345 Å². The summed E-state index contributed by atoms with van der Waals surface area (Å²) in [7, 11) is 0. The lowest BCUT2D eigenvalue weighted by molar-refractivity contribution is -0.137. The van der Waals surface area contributed by atoms with Crippen molar-refractivity contribution in [3.05, 3.63) is 94.5 Å². The van der Waals surface area contributed by atoms with Gasteiger partial charge in [-0.15, -0.1) is 0 Å². The number of piperidine rings is 2. The van der Waals surface area contributed by atoms with Crippen molar-refractivity contribution in [2.45, 2.75) is 149 Å². The predicted molar refractivity (Wildman–Crippen MR) is 235 cm³/mol. The average molecular weight is 793 g/mol. The lowest BCUT2D eigenvalue weighted by atomic mass is 9.76. The second-order valence-corrected chi connectivity index (χ2v) is 20.8. The SMILES string of the molecule is CC(C)(C)c1cc(-c2cc(C(F)(F)F)cc(-c3cc(C(C)(C)C)cc(C(C)(C)C)c3)c2-c2cc(N3CCCCC3=O)cc(N3CCCCC3=O)c2)cc(C(C)(C)C)c1. The van der Waals surface area contributed by atoms with Crippen LogP contribution in [0.25, 0.3) is 33.4 Å². The molecule has 310 valence electrons. The van der Waals surface area contributed by atoms with E-state index in [1.165, 1.54) is 12.1 Å². The Bertz CT molecular complexity index is 2010. The first kappa shape index (κ1) is 43.2. The van der Waals surface area contributed by atoms with Crippen molar-refractivity contribution in [3.63, 3.8) is 0 Å². The molecular formula is C51H63F3N2O2. The zero-order valence-corrected chi connectivity index (χ0v) is 36.9. The van der Waals surface area contributed by atoms with E-state index in [1.807, 2.05) is 18.2 Å². The van der Waals surface area contributed by atoms with Crippen LogP contribution in [0.3, 0.4) is 0 Å². The lowest BCUT2D eigenvalue weighted by Gasteiger charge is -2.32. The second kappa shape index (κ2) is 15.3. The molecule has 0 saturated carbocycles. The number of hydrogen-bond donors (Lipinski definition) is 0. The Morgan fingerprint density at radius 1 is 0.414 bits per heavy atom. The highest BCUT2D eigenvalue weighted by atomic mass is 19.4. The molecule has 0 aliphatic carbocycles. The van der Waals surface area contributed by atoms with Gasteiger partial charge in [0, 0.05) is 37.3 Å². The van der Waals surface area contributed by atoms with Gasteiger partial charge in [0.1, 0.15) is 0 Å². The summed E-state index contributed by atoms with van der Waals surface area (Å²) in [5.41, 5.74) is 7.12. The Balaban J connectivity index is 1.83. The highest BCUT2D eigenvalue weighted by Gasteiger charge is 2.35. The fourth-order valence-electron chi connectivity index (χ4n) is 8.08. The van der Waals surface area contributed by atoms with Crippen LogP contribution in [-0.4, -0.2) is 24.9 Å². The summed E-state index contributed by atoms with van der Waals surface area (Å²) < 4.78 is 46.2. The van der Waals surface area contributed by atoms with Gasteiger partial charge in [0.05, 0.1) is 5.56 Å². The van der Waals surface area contributed by atoms with Crippen molar-refractivity contribution in [2.24, 2.45) is 0 Å². The maximum Gasteiger partial charge on any atom is 0.416 e. The molecule has 4 aromatic carbocycles. The molecule has 58 heavy (non-hydrogen) atoms. The summed E-state index contributed by atoms with van der Waals surface area (Å²) >= 11 is 0. The highest BCUT2D eigenvalue weighted by molar-refractivity contribution is 6.02. The molecule has 0 unspecified atom stereocenters. The zero-order chi connectivity index (χ0) is 42.7. The van der Waals surface area contributed by atoms with Crippen molar-refractivity contribution in [3.8, 4) is 33.4 Å². The highest BCUT2D eigenvalue weighted by Crippen LogP contribution is 2.49. The Morgan fingerprint density at radius 2 is 0.759 bits per heavy atom. The minimum atomic E-state index is -4.64. The predicted octanol–water partition coefficient (Wildman–Crippen LogP) is 13.9. The Hall–Kier alpha value is -4.39. The van der Waals surface area contributed by atoms with Gasteiger partial charge in [-0.05, 0) is 133 Å². The van der Waals surface area contributed by atoms with E-state index in [9.17, 15) is 9.59 Å². The fraction of sp³-hybridized carbons (Fsp3) is 0.490. The average Bonchev–Trinajstić information content (AvgIpc) is 3.12. The minimum absolute atomic E-state index is 0.00702. The van der Waals surface area contributed by atoms with Crippen LogP contribution in [0.1, 0.15) is 149 Å². The number of alkyl halides is 3. The first-order valence-electron chi connectivity index (χ1n) is 21.1. The molecule has 2 fully saturated rings. The summed E-state index contributed by atoms with van der Waals surface area (Å²) in [6, 6.07) is 21.1. The standard InChI is InChI=1S/C51H63F3N2O2/c1-47(2,3)35-21-32(22-36(27-35)48(4,5)6)42-29-39(51(52,53)54)30-43(33-23-37(49(7,8)9)28-38(24-33)50(10,11)12)46(42)34-25-40(55-19-15-13-17-44(55)57)31-41(26-34)56-20-16-14-18-45(56)58/h21-31H,13-20H2,1-12H3. The minimum Gasteiger partial charge on any atom is -0.312 e. The topological polar surface area (TPSA) is 40.6 Å². The fourth-order valence-corrected chi connectivity index (χ4v) is 8.08. The monoisotopic (exact) mass is 792 g/mol. The summed E-state index contributed by atoms with van der Waals surface area (Å²) in [5.74, 6) is 0.0140. The maximum absolute atomic E-state index is 15.4. The molecule has 2 amide bonds. The molecule has 0 spiro atoms. The maximum atomic E-state index is 15.4. The molecule has 0 aromatic heterocycles. The van der Waals surface area contributed by atoms with E-state index >= 15 is 13.2 Å². The third kappa shape index (κ3) is 9.24. The van der Waals surface area contributed by atoms with E-state index in [2.05, 4.69) is 119 Å². The van der Waals surface area contributed by atoms with Gasteiger partial charge in [0.15, 0.2) is 0 Å². The molecule has 4 nitrogen and oxygen atoms in total. The number of benzene rings is 4. The second-order valence-electron chi connectivity index (χ2n) is 20.8. The number of amides is 2. The first-order valence-corrected chi connectivity index (χ1v) is 21.1. The number of nitrogens with zero attached hydrogens (tertiary/aromatic N) is 2. The van der Waals surface area contributed by atoms with Gasteiger partial charge in [0.2, 0.25) is 11.8 Å². The van der Waals surface area contributed by atoms with E-state index in [0.717, 1.165) is 47.9 Å². The van der Waals surface area contributed by atoms with Crippen LogP contribution < -0.4 is 9.80 Å². The lowest BCUT2D eigenvalue weighted by Crippen LogP contribution is -2.37. The van der Waals surface area contributed by atoms with Crippen LogP contribution in [0, 0.1) is 0 Å². The molecular weight excluding hydrogens is 730 g/mol. The van der Waals surface area contributed by atoms with Gasteiger partial charge < -0.3 is 9.80 Å². The van der Waals surface area contributed by atoms with E-state index in [1.54, 1.807) is 9.80 Å². The van der Waals surface area contributed by atoms with Crippen LogP contribution in [0.2, 0.25) is 0 Å². The van der Waals surface area contributed by atoms with Crippen LogP contribution >= 0.6 is 0 Å². The summed E-state index contributed by atoms with van der Waals surface area (Å²) in [4.78, 5) is 30.7. The molecule has 2 aliphatic heterocycles. The summed E-state index contributed by atoms with van der Waals surface area (Å²) in [5, 5.41) is 0. The number of anilines is 2. The summed E-state index contributed by atoms with van der Waals surface area (Å²) in [6.45, 7) is 26.6. The first-order chi connectivity index (χ1) is 26.7. The number of carbonyl (C=O) groups is 2. The van der Waals surface area contributed by atoms with Crippen molar-refractivity contribution >= 4 is 23.2 Å². The molecule has 2 saturated heterocycles. The van der Waals surface area contributed by atoms with Gasteiger partial charge in [-0.2, -0.15) is 13.2 Å². The normalized spacial score (nSPS) is 16.3. The van der Waals surface area contributed by atoms with Gasteiger partial charge in [-0.25, -0.2) is 0 Å². The van der Waals surface area contributed by atoms with E-state index in [4.69, 9.17) is 0 Å². The van der Waals surface area contributed by atoms with E-state index in [-0.39, 0.29) is 33.5 Å². The van der Waals surface area contributed by atoms with Gasteiger partial charge in [0.25, 0.3) is 0 Å². The molecule has 6 rings (SSSR count). The van der Waals surface area contributed by atoms with E-state index < -0.39 is 11.7 Å². The van der Waals surface area contributed by atoms with Crippen molar-refractivity contribution in [1.82, 2.24) is 0 Å². The smallest absolute Gasteiger partial charge is 0.312 e. The molecule has 4 aromatic rings. The zero-order valence-electron chi connectivity index (χ0n) is 36.9. The molecule has 2 heterocycles. The number of hydrogen-bond acceptors (Lipinski definition) is 2. The van der Waals surface area contributed by atoms with Gasteiger partial charge in [-0.3, -0.25) is 9.59 Å². The van der Waals surface area contributed by atoms with Gasteiger partial charge in [-0.1, -0.05) is 119 Å². The molecule has 0 atom stereocenters. The Kier molecular flexibility index (Phi) is 11.4. The molecule has 0 N–H and O–H groups in total. The number of carbonyl (C=O) groups excluding carboxylic acids is 2. The Morgan fingerprint density at radius 3 is 1.05 bits per heavy atom.